The largest absolute Gasteiger partial charge is 0.478 e. The second-order valence-corrected chi connectivity index (χ2v) is 11.0. The summed E-state index contributed by atoms with van der Waals surface area (Å²) in [5, 5.41) is 12.7. The summed E-state index contributed by atoms with van der Waals surface area (Å²) in [4.78, 5) is 39.6. The van der Waals surface area contributed by atoms with Gasteiger partial charge in [0.25, 0.3) is 0 Å². The van der Waals surface area contributed by atoms with Crippen molar-refractivity contribution in [2.45, 2.75) is 45.2 Å². The van der Waals surface area contributed by atoms with Gasteiger partial charge in [-0.2, -0.15) is 0 Å². The third-order valence-corrected chi connectivity index (χ3v) is 8.48. The van der Waals surface area contributed by atoms with Crippen molar-refractivity contribution >= 4 is 17.8 Å². The molecule has 6 heteroatoms. The predicted octanol–water partition coefficient (Wildman–Crippen LogP) is 5.01. The molecule has 2 amide bonds. The second kappa shape index (κ2) is 9.75. The molecule has 3 aromatic carbocycles. The molecule has 6 rings (SSSR count). The van der Waals surface area contributed by atoms with Crippen LogP contribution in [0.5, 0.6) is 0 Å². The summed E-state index contributed by atoms with van der Waals surface area (Å²) in [5.41, 5.74) is 6.55. The minimum absolute atomic E-state index is 0.000637. The van der Waals surface area contributed by atoms with Gasteiger partial charge in [-0.15, -0.1) is 0 Å². The first kappa shape index (κ1) is 24.4. The molecular formula is C32H32N2O4. The topological polar surface area (TPSA) is 86.7 Å². The molecule has 0 saturated heterocycles. The molecule has 194 valence electrons. The van der Waals surface area contributed by atoms with Crippen molar-refractivity contribution in [2.75, 3.05) is 6.54 Å². The average molecular weight is 509 g/mol. The Morgan fingerprint density at radius 1 is 0.947 bits per heavy atom. The van der Waals surface area contributed by atoms with Crippen molar-refractivity contribution in [3.8, 4) is 11.1 Å². The minimum atomic E-state index is -0.954. The van der Waals surface area contributed by atoms with Crippen LogP contribution in [0.2, 0.25) is 0 Å². The zero-order valence-corrected chi connectivity index (χ0v) is 21.5. The molecule has 1 heterocycles. The highest BCUT2D eigenvalue weighted by Crippen LogP contribution is 2.47. The number of fused-ring (bicyclic) bond motifs is 1. The van der Waals surface area contributed by atoms with Crippen LogP contribution in [0.4, 0.5) is 0 Å². The van der Waals surface area contributed by atoms with E-state index in [0.29, 0.717) is 32.0 Å². The molecule has 0 aromatic heterocycles. The van der Waals surface area contributed by atoms with Gasteiger partial charge in [0.1, 0.15) is 0 Å². The maximum absolute atomic E-state index is 13.1. The highest BCUT2D eigenvalue weighted by Gasteiger charge is 2.44. The van der Waals surface area contributed by atoms with Gasteiger partial charge in [0.2, 0.25) is 11.8 Å². The van der Waals surface area contributed by atoms with Crippen LogP contribution in [0, 0.1) is 17.8 Å². The molecule has 0 spiro atoms. The van der Waals surface area contributed by atoms with Crippen molar-refractivity contribution < 1.29 is 19.5 Å². The molecule has 0 bridgehead atoms. The SMILES string of the molecule is CC1CC1C(=O)N1CCc2c(-c3cccc(C(=O)O)c3)ccc(CNC(=O)[C@H]3C[C@H]3c3ccccc3)c2C1. The molecule has 2 N–H and O–H groups in total. The van der Waals surface area contributed by atoms with E-state index in [9.17, 15) is 19.5 Å². The van der Waals surface area contributed by atoms with Crippen molar-refractivity contribution in [1.82, 2.24) is 10.2 Å². The van der Waals surface area contributed by atoms with E-state index in [1.807, 2.05) is 41.3 Å². The number of nitrogens with zero attached hydrogens (tertiary/aromatic N) is 1. The minimum Gasteiger partial charge on any atom is -0.478 e. The molecule has 4 atom stereocenters. The monoisotopic (exact) mass is 508 g/mol. The normalized spacial score (nSPS) is 23.3. The van der Waals surface area contributed by atoms with Gasteiger partial charge in [0.15, 0.2) is 0 Å². The molecule has 1 aliphatic heterocycles. The molecule has 6 nitrogen and oxygen atoms in total. The number of carbonyl (C=O) groups is 3. The van der Waals surface area contributed by atoms with Crippen molar-refractivity contribution in [3.05, 3.63) is 94.5 Å². The third-order valence-electron chi connectivity index (χ3n) is 8.48. The van der Waals surface area contributed by atoms with Crippen LogP contribution in [0.3, 0.4) is 0 Å². The average Bonchev–Trinajstić information content (AvgIpc) is 3.87. The van der Waals surface area contributed by atoms with Crippen LogP contribution < -0.4 is 5.32 Å². The maximum Gasteiger partial charge on any atom is 0.335 e. The first-order valence-corrected chi connectivity index (χ1v) is 13.5. The molecular weight excluding hydrogens is 476 g/mol. The fourth-order valence-corrected chi connectivity index (χ4v) is 5.95. The zero-order chi connectivity index (χ0) is 26.4. The van der Waals surface area contributed by atoms with E-state index >= 15 is 0 Å². The van der Waals surface area contributed by atoms with E-state index in [-0.39, 0.29) is 35.1 Å². The van der Waals surface area contributed by atoms with Crippen molar-refractivity contribution in [1.29, 1.82) is 0 Å². The number of aromatic carboxylic acids is 1. The van der Waals surface area contributed by atoms with Gasteiger partial charge >= 0.3 is 5.97 Å². The molecule has 3 aromatic rings. The number of benzene rings is 3. The Balaban J connectivity index is 1.26. The summed E-state index contributed by atoms with van der Waals surface area (Å²) < 4.78 is 0. The predicted molar refractivity (Wildman–Crippen MR) is 144 cm³/mol. The molecule has 2 unspecified atom stereocenters. The summed E-state index contributed by atoms with van der Waals surface area (Å²) in [5.74, 6) is 0.192. The third kappa shape index (κ3) is 4.71. The lowest BCUT2D eigenvalue weighted by Gasteiger charge is -2.32. The van der Waals surface area contributed by atoms with Gasteiger partial charge in [-0.3, -0.25) is 9.59 Å². The van der Waals surface area contributed by atoms with Gasteiger partial charge in [-0.1, -0.05) is 61.5 Å². The van der Waals surface area contributed by atoms with Crippen LogP contribution in [-0.4, -0.2) is 34.3 Å². The van der Waals surface area contributed by atoms with Crippen LogP contribution in [0.1, 0.15) is 58.3 Å². The van der Waals surface area contributed by atoms with Crippen molar-refractivity contribution in [2.24, 2.45) is 17.8 Å². The Kier molecular flexibility index (Phi) is 6.26. The van der Waals surface area contributed by atoms with Crippen LogP contribution in [-0.2, 0) is 29.1 Å². The first-order valence-electron chi connectivity index (χ1n) is 13.5. The Bertz CT molecular complexity index is 1420. The quantitative estimate of drug-likeness (QED) is 0.470. The number of nitrogens with one attached hydrogen (secondary N) is 1. The van der Waals surface area contributed by atoms with Gasteiger partial charge in [0, 0.05) is 31.5 Å². The summed E-state index contributed by atoms with van der Waals surface area (Å²) in [6.07, 6.45) is 2.53. The molecule has 3 aliphatic rings. The number of carboxylic acid groups (broad SMARTS) is 1. The Morgan fingerprint density at radius 2 is 1.74 bits per heavy atom. The summed E-state index contributed by atoms with van der Waals surface area (Å²) in [6, 6.07) is 21.2. The fraction of sp³-hybridized carbons (Fsp3) is 0.344. The summed E-state index contributed by atoms with van der Waals surface area (Å²) >= 11 is 0. The molecule has 2 aliphatic carbocycles. The number of hydrogen-bond acceptors (Lipinski definition) is 3. The van der Waals surface area contributed by atoms with Gasteiger partial charge in [-0.25, -0.2) is 4.79 Å². The lowest BCUT2D eigenvalue weighted by atomic mass is 9.87. The van der Waals surface area contributed by atoms with E-state index in [0.717, 1.165) is 40.7 Å². The lowest BCUT2D eigenvalue weighted by Crippen LogP contribution is -2.38. The van der Waals surface area contributed by atoms with Crippen molar-refractivity contribution in [3.63, 3.8) is 0 Å². The number of hydrogen-bond donors (Lipinski definition) is 2. The van der Waals surface area contributed by atoms with Crippen LogP contribution in [0.25, 0.3) is 11.1 Å². The maximum atomic E-state index is 13.1. The Morgan fingerprint density at radius 3 is 2.47 bits per heavy atom. The van der Waals surface area contributed by atoms with Gasteiger partial charge < -0.3 is 15.3 Å². The summed E-state index contributed by atoms with van der Waals surface area (Å²) in [7, 11) is 0. The fourth-order valence-electron chi connectivity index (χ4n) is 5.95. The summed E-state index contributed by atoms with van der Waals surface area (Å²) in [6.45, 7) is 3.70. The number of rotatable bonds is 7. The molecule has 2 saturated carbocycles. The number of carboxylic acids is 1. The van der Waals surface area contributed by atoms with Crippen LogP contribution in [0.15, 0.2) is 66.7 Å². The van der Waals surface area contributed by atoms with E-state index in [2.05, 4.69) is 24.4 Å². The molecule has 0 radical (unpaired) electrons. The Hall–Kier alpha value is -3.93. The van der Waals surface area contributed by atoms with Gasteiger partial charge in [0.05, 0.1) is 5.56 Å². The smallest absolute Gasteiger partial charge is 0.335 e. The van der Waals surface area contributed by atoms with E-state index in [1.54, 1.807) is 18.2 Å². The second-order valence-electron chi connectivity index (χ2n) is 11.0. The molecule has 38 heavy (non-hydrogen) atoms. The lowest BCUT2D eigenvalue weighted by molar-refractivity contribution is -0.133. The van der Waals surface area contributed by atoms with E-state index in [1.165, 1.54) is 5.56 Å². The highest BCUT2D eigenvalue weighted by molar-refractivity contribution is 5.90. The number of amides is 2. The van der Waals surface area contributed by atoms with Gasteiger partial charge in [-0.05, 0) is 76.6 Å². The first-order chi connectivity index (χ1) is 18.4. The highest BCUT2D eigenvalue weighted by atomic mass is 16.4. The number of carbonyl (C=O) groups excluding carboxylic acids is 2. The van der Waals surface area contributed by atoms with E-state index in [4.69, 9.17) is 0 Å². The Labute approximate surface area is 222 Å². The standard InChI is InChI=1S/C32H32N2O4/c1-19-14-26(19)31(36)34-13-12-25-24(21-8-5-9-22(15-21)32(37)38)11-10-23(29(25)18-34)17-33-30(35)28-16-27(28)20-6-3-2-4-7-20/h2-11,15,19,26-28H,12-14,16-18H2,1H3,(H,33,35)(H,37,38)/t19?,26?,27-,28-/m0/s1. The van der Waals surface area contributed by atoms with E-state index < -0.39 is 5.97 Å². The zero-order valence-electron chi connectivity index (χ0n) is 21.5. The molecule has 2 fully saturated rings. The van der Waals surface area contributed by atoms with Crippen LogP contribution >= 0.6 is 0 Å².